The number of piperidine rings is 1. The van der Waals surface area contributed by atoms with Crippen molar-refractivity contribution < 1.29 is 9.59 Å². The van der Waals surface area contributed by atoms with Gasteiger partial charge in [-0.05, 0) is 24.1 Å². The van der Waals surface area contributed by atoms with E-state index in [0.717, 1.165) is 11.3 Å². The predicted octanol–water partition coefficient (Wildman–Crippen LogP) is 1.77. The molecule has 2 aliphatic rings. The van der Waals surface area contributed by atoms with Gasteiger partial charge in [0, 0.05) is 37.6 Å². The molecule has 124 valence electrons. The lowest BCUT2D eigenvalue weighted by Crippen LogP contribution is -2.45. The Bertz CT molecular complexity index is 853. The zero-order valence-corrected chi connectivity index (χ0v) is 13.6. The average Bonchev–Trinajstić information content (AvgIpc) is 2.65. The first-order valence-corrected chi connectivity index (χ1v) is 8.11. The highest BCUT2D eigenvalue weighted by Gasteiger charge is 2.31. The van der Waals surface area contributed by atoms with E-state index in [1.165, 1.54) is 0 Å². The molecule has 0 spiro atoms. The molecule has 0 aliphatic carbocycles. The summed E-state index contributed by atoms with van der Waals surface area (Å²) in [6.07, 6.45) is 3.20. The maximum atomic E-state index is 12.5. The first-order chi connectivity index (χ1) is 12.1. The normalized spacial score (nSPS) is 19.2. The minimum absolute atomic E-state index is 0.0483. The Balaban J connectivity index is 1.59. The Kier molecular flexibility index (Phi) is 4.72. The van der Waals surface area contributed by atoms with E-state index < -0.39 is 5.91 Å². The van der Waals surface area contributed by atoms with Crippen LogP contribution in [-0.2, 0) is 16.0 Å². The second kappa shape index (κ2) is 7.11. The molecule has 0 N–H and O–H groups in total. The zero-order valence-electron chi connectivity index (χ0n) is 13.6. The van der Waals surface area contributed by atoms with Crippen LogP contribution in [0.5, 0.6) is 0 Å². The molecule has 2 aliphatic heterocycles. The highest BCUT2D eigenvalue weighted by atomic mass is 16.2. The van der Waals surface area contributed by atoms with Gasteiger partial charge >= 0.3 is 0 Å². The maximum absolute atomic E-state index is 12.5. The second-order valence-electron chi connectivity index (χ2n) is 6.11. The van der Waals surface area contributed by atoms with Gasteiger partial charge in [-0.15, -0.1) is 0 Å². The molecule has 1 unspecified atom stereocenters. The standard InChI is InChI=1S/C19H16N4O2/c20-10-14-3-1-13(2-4-14)5-6-18(24)23-8-7-17-16(12-23)9-15(11-21)19(25)22-17/h1-4,9,16H,5-8,12H2. The summed E-state index contributed by atoms with van der Waals surface area (Å²) in [6.45, 7) is 1.01. The van der Waals surface area contributed by atoms with Crippen molar-refractivity contribution in [3.63, 3.8) is 0 Å². The monoisotopic (exact) mass is 332 g/mol. The molecule has 1 atom stereocenters. The number of hydrogen-bond acceptors (Lipinski definition) is 4. The summed E-state index contributed by atoms with van der Waals surface area (Å²) >= 11 is 0. The van der Waals surface area contributed by atoms with Crippen LogP contribution in [0.2, 0.25) is 0 Å². The molecule has 1 saturated heterocycles. The van der Waals surface area contributed by atoms with Crippen LogP contribution in [0.3, 0.4) is 0 Å². The second-order valence-corrected chi connectivity index (χ2v) is 6.11. The van der Waals surface area contributed by atoms with E-state index in [4.69, 9.17) is 10.5 Å². The number of nitriles is 2. The molecular weight excluding hydrogens is 316 g/mol. The number of aliphatic imine (C=N–C) groups is 1. The number of likely N-dealkylation sites (tertiary alicyclic amines) is 1. The van der Waals surface area contributed by atoms with Crippen LogP contribution in [-0.4, -0.2) is 35.5 Å². The van der Waals surface area contributed by atoms with Crippen molar-refractivity contribution in [2.75, 3.05) is 13.1 Å². The van der Waals surface area contributed by atoms with Crippen molar-refractivity contribution in [3.8, 4) is 12.1 Å². The van der Waals surface area contributed by atoms with Gasteiger partial charge in [-0.25, -0.2) is 4.99 Å². The lowest BCUT2D eigenvalue weighted by molar-refractivity contribution is -0.131. The maximum Gasteiger partial charge on any atom is 0.287 e. The van der Waals surface area contributed by atoms with Gasteiger partial charge in [-0.1, -0.05) is 18.2 Å². The summed E-state index contributed by atoms with van der Waals surface area (Å²) in [6, 6.07) is 11.2. The fourth-order valence-electron chi connectivity index (χ4n) is 3.09. The van der Waals surface area contributed by atoms with E-state index >= 15 is 0 Å². The molecule has 1 aromatic rings. The minimum atomic E-state index is -0.477. The van der Waals surface area contributed by atoms with Crippen molar-refractivity contribution in [1.82, 2.24) is 4.90 Å². The Labute approximate surface area is 145 Å². The Morgan fingerprint density at radius 2 is 2.00 bits per heavy atom. The summed E-state index contributed by atoms with van der Waals surface area (Å²) in [5.74, 6) is -0.568. The van der Waals surface area contributed by atoms with Crippen LogP contribution in [0, 0.1) is 28.6 Å². The minimum Gasteiger partial charge on any atom is -0.341 e. The summed E-state index contributed by atoms with van der Waals surface area (Å²) in [5, 5.41) is 17.8. The van der Waals surface area contributed by atoms with E-state index in [1.807, 2.05) is 18.2 Å². The molecule has 0 radical (unpaired) electrons. The highest BCUT2D eigenvalue weighted by Crippen LogP contribution is 2.23. The van der Waals surface area contributed by atoms with Crippen LogP contribution in [0.25, 0.3) is 0 Å². The molecular formula is C19H16N4O2. The number of hydrogen-bond donors (Lipinski definition) is 0. The number of aryl methyl sites for hydroxylation is 1. The summed E-state index contributed by atoms with van der Waals surface area (Å²) in [5.41, 5.74) is 2.44. The highest BCUT2D eigenvalue weighted by molar-refractivity contribution is 6.10. The van der Waals surface area contributed by atoms with Crippen LogP contribution in [0.1, 0.15) is 24.0 Å². The van der Waals surface area contributed by atoms with E-state index in [2.05, 4.69) is 11.1 Å². The van der Waals surface area contributed by atoms with Crippen LogP contribution < -0.4 is 0 Å². The number of fused-ring (bicyclic) bond motifs is 1. The van der Waals surface area contributed by atoms with Gasteiger partial charge in [-0.2, -0.15) is 10.5 Å². The predicted molar refractivity (Wildman–Crippen MR) is 90.3 cm³/mol. The van der Waals surface area contributed by atoms with Gasteiger partial charge in [0.2, 0.25) is 5.91 Å². The first kappa shape index (κ1) is 16.6. The van der Waals surface area contributed by atoms with E-state index in [9.17, 15) is 9.59 Å². The van der Waals surface area contributed by atoms with Gasteiger partial charge in [-0.3, -0.25) is 9.59 Å². The number of dihydropyridines is 1. The fraction of sp³-hybridized carbons (Fsp3) is 0.316. The van der Waals surface area contributed by atoms with E-state index in [-0.39, 0.29) is 17.4 Å². The van der Waals surface area contributed by atoms with Gasteiger partial charge in [0.25, 0.3) is 5.91 Å². The molecule has 25 heavy (non-hydrogen) atoms. The lowest BCUT2D eigenvalue weighted by atomic mass is 9.90. The Morgan fingerprint density at radius 1 is 1.24 bits per heavy atom. The van der Waals surface area contributed by atoms with Gasteiger partial charge in [0.05, 0.1) is 11.6 Å². The van der Waals surface area contributed by atoms with Crippen molar-refractivity contribution >= 4 is 17.5 Å². The van der Waals surface area contributed by atoms with Crippen LogP contribution in [0.4, 0.5) is 0 Å². The lowest BCUT2D eigenvalue weighted by Gasteiger charge is -2.33. The molecule has 0 aromatic heterocycles. The van der Waals surface area contributed by atoms with Gasteiger partial charge in [0.15, 0.2) is 0 Å². The van der Waals surface area contributed by atoms with Crippen molar-refractivity contribution in [2.45, 2.75) is 19.3 Å². The van der Waals surface area contributed by atoms with Crippen molar-refractivity contribution in [3.05, 3.63) is 47.0 Å². The number of carbonyl (C=O) groups excluding carboxylic acids is 2. The van der Waals surface area contributed by atoms with Crippen LogP contribution >= 0.6 is 0 Å². The molecule has 0 bridgehead atoms. The van der Waals surface area contributed by atoms with Crippen LogP contribution in [0.15, 0.2) is 40.9 Å². The molecule has 1 fully saturated rings. The number of amides is 2. The molecule has 0 saturated carbocycles. The molecule has 6 heteroatoms. The van der Waals surface area contributed by atoms with E-state index in [1.54, 1.807) is 23.1 Å². The topological polar surface area (TPSA) is 97.3 Å². The molecule has 2 heterocycles. The third-order valence-corrected chi connectivity index (χ3v) is 4.51. The number of nitrogens with zero attached hydrogens (tertiary/aromatic N) is 4. The largest absolute Gasteiger partial charge is 0.341 e. The summed E-state index contributed by atoms with van der Waals surface area (Å²) in [4.78, 5) is 29.8. The quantitative estimate of drug-likeness (QED) is 0.842. The molecule has 6 nitrogen and oxygen atoms in total. The zero-order chi connectivity index (χ0) is 17.8. The number of carbonyl (C=O) groups is 2. The molecule has 1 aromatic carbocycles. The summed E-state index contributed by atoms with van der Waals surface area (Å²) < 4.78 is 0. The summed E-state index contributed by atoms with van der Waals surface area (Å²) in [7, 11) is 0. The third kappa shape index (κ3) is 3.64. The molecule has 3 rings (SSSR count). The average molecular weight is 332 g/mol. The fourth-order valence-corrected chi connectivity index (χ4v) is 3.09. The first-order valence-electron chi connectivity index (χ1n) is 8.11. The van der Waals surface area contributed by atoms with Crippen molar-refractivity contribution in [2.24, 2.45) is 10.9 Å². The Morgan fingerprint density at radius 3 is 2.68 bits per heavy atom. The number of benzene rings is 1. The van der Waals surface area contributed by atoms with E-state index in [0.29, 0.717) is 37.9 Å². The molecule has 2 amide bonds. The smallest absolute Gasteiger partial charge is 0.287 e. The number of rotatable bonds is 3. The van der Waals surface area contributed by atoms with Gasteiger partial charge < -0.3 is 4.90 Å². The van der Waals surface area contributed by atoms with Crippen molar-refractivity contribution in [1.29, 1.82) is 10.5 Å². The SMILES string of the molecule is N#CC1=CC2CN(C(=O)CCc3ccc(C#N)cc3)CCC2=NC1=O. The van der Waals surface area contributed by atoms with Gasteiger partial charge in [0.1, 0.15) is 11.6 Å². The third-order valence-electron chi connectivity index (χ3n) is 4.51. The Hall–Kier alpha value is -3.25.